The van der Waals surface area contributed by atoms with Crippen molar-refractivity contribution in [3.63, 3.8) is 0 Å². The first-order valence-electron chi connectivity index (χ1n) is 11.3. The molecule has 11 nitrogen and oxygen atoms in total. The fraction of sp³-hybridized carbons (Fsp3) is 0.857. The van der Waals surface area contributed by atoms with E-state index in [1.54, 1.807) is 0 Å². The highest BCUT2D eigenvalue weighted by Crippen LogP contribution is 2.38. The standard InChI is InChI=1S/C21H40N4O7/c1-4-14(5-2)18(25-13(3)26)17-16(23)12-15(20(27)28)19(17)32-21(29)24-7-9-31-11-10-30-8-6-22/h14-19H,4-12,22-23H2,1-3H3,(H,24,29)(H,25,26)(H,27,28). The molecule has 0 aromatic carbocycles. The Morgan fingerprint density at radius 2 is 1.72 bits per heavy atom. The van der Waals surface area contributed by atoms with Crippen LogP contribution in [0.15, 0.2) is 0 Å². The van der Waals surface area contributed by atoms with Gasteiger partial charge in [-0.25, -0.2) is 4.79 Å². The molecular weight excluding hydrogens is 420 g/mol. The minimum atomic E-state index is -1.08. The molecule has 2 amide bonds. The number of hydrogen-bond acceptors (Lipinski definition) is 8. The van der Waals surface area contributed by atoms with Gasteiger partial charge in [0.1, 0.15) is 6.10 Å². The molecule has 32 heavy (non-hydrogen) atoms. The zero-order chi connectivity index (χ0) is 24.1. The minimum Gasteiger partial charge on any atom is -0.481 e. The summed E-state index contributed by atoms with van der Waals surface area (Å²) >= 11 is 0. The van der Waals surface area contributed by atoms with Gasteiger partial charge in [-0.1, -0.05) is 26.7 Å². The predicted octanol–water partition coefficient (Wildman–Crippen LogP) is 0.0620. The Balaban J connectivity index is 2.77. The van der Waals surface area contributed by atoms with Crippen LogP contribution < -0.4 is 22.1 Å². The third-order valence-corrected chi connectivity index (χ3v) is 5.85. The number of rotatable bonds is 15. The highest BCUT2D eigenvalue weighted by atomic mass is 16.6. The zero-order valence-electron chi connectivity index (χ0n) is 19.4. The maximum Gasteiger partial charge on any atom is 0.407 e. The van der Waals surface area contributed by atoms with Crippen LogP contribution >= 0.6 is 0 Å². The topological polar surface area (TPSA) is 175 Å². The van der Waals surface area contributed by atoms with Gasteiger partial charge in [0.15, 0.2) is 0 Å². The highest BCUT2D eigenvalue weighted by Gasteiger charge is 2.52. The Kier molecular flexibility index (Phi) is 13.2. The van der Waals surface area contributed by atoms with Crippen molar-refractivity contribution in [3.05, 3.63) is 0 Å². The van der Waals surface area contributed by atoms with E-state index in [0.29, 0.717) is 26.4 Å². The molecule has 7 N–H and O–H groups in total. The van der Waals surface area contributed by atoms with Gasteiger partial charge in [0, 0.05) is 38.0 Å². The number of nitrogens with one attached hydrogen (secondary N) is 2. The Morgan fingerprint density at radius 3 is 2.25 bits per heavy atom. The highest BCUT2D eigenvalue weighted by molar-refractivity contribution is 5.74. The van der Waals surface area contributed by atoms with Crippen molar-refractivity contribution in [2.75, 3.05) is 39.5 Å². The molecule has 1 aliphatic rings. The summed E-state index contributed by atoms with van der Waals surface area (Å²) < 4.78 is 16.1. The Hall–Kier alpha value is -1.95. The molecule has 1 saturated carbocycles. The summed E-state index contributed by atoms with van der Waals surface area (Å²) in [6.45, 7) is 7.53. The van der Waals surface area contributed by atoms with Crippen LogP contribution in [-0.4, -0.2) is 80.8 Å². The molecule has 11 heteroatoms. The first-order valence-corrected chi connectivity index (χ1v) is 11.3. The second-order valence-electron chi connectivity index (χ2n) is 8.03. The van der Waals surface area contributed by atoms with E-state index in [4.69, 9.17) is 25.7 Å². The van der Waals surface area contributed by atoms with Crippen LogP contribution in [0.25, 0.3) is 0 Å². The number of ether oxygens (including phenoxy) is 3. The van der Waals surface area contributed by atoms with Gasteiger partial charge in [-0.15, -0.1) is 0 Å². The lowest BCUT2D eigenvalue weighted by atomic mass is 9.80. The lowest BCUT2D eigenvalue weighted by molar-refractivity contribution is -0.145. The van der Waals surface area contributed by atoms with Crippen LogP contribution in [-0.2, 0) is 23.8 Å². The van der Waals surface area contributed by atoms with E-state index >= 15 is 0 Å². The number of alkyl carbamates (subject to hydrolysis) is 1. The van der Waals surface area contributed by atoms with E-state index in [0.717, 1.165) is 12.8 Å². The molecule has 1 fully saturated rings. The van der Waals surface area contributed by atoms with Crippen LogP contribution in [0.2, 0.25) is 0 Å². The van der Waals surface area contributed by atoms with Gasteiger partial charge in [-0.05, 0) is 12.3 Å². The van der Waals surface area contributed by atoms with Crippen LogP contribution in [0.4, 0.5) is 4.79 Å². The Labute approximate surface area is 189 Å². The predicted molar refractivity (Wildman–Crippen MR) is 118 cm³/mol. The van der Waals surface area contributed by atoms with Crippen molar-refractivity contribution in [3.8, 4) is 0 Å². The second-order valence-corrected chi connectivity index (χ2v) is 8.03. The molecule has 1 rings (SSSR count). The molecule has 5 atom stereocenters. The number of nitrogens with two attached hydrogens (primary N) is 2. The molecule has 5 unspecified atom stereocenters. The van der Waals surface area contributed by atoms with Crippen LogP contribution in [0.1, 0.15) is 40.0 Å². The van der Waals surface area contributed by atoms with Crippen LogP contribution in [0.5, 0.6) is 0 Å². The number of hydrogen-bond donors (Lipinski definition) is 5. The Bertz CT molecular complexity index is 588. The van der Waals surface area contributed by atoms with E-state index in [1.165, 1.54) is 6.92 Å². The number of carbonyl (C=O) groups is 3. The number of carboxylic acids is 1. The average Bonchev–Trinajstić information content (AvgIpc) is 3.05. The average molecular weight is 461 g/mol. The summed E-state index contributed by atoms with van der Waals surface area (Å²) in [5, 5.41) is 15.2. The van der Waals surface area contributed by atoms with Crippen molar-refractivity contribution in [1.29, 1.82) is 0 Å². The first-order chi connectivity index (χ1) is 15.3. The molecule has 0 heterocycles. The van der Waals surface area contributed by atoms with Gasteiger partial charge < -0.3 is 41.4 Å². The maximum absolute atomic E-state index is 12.4. The van der Waals surface area contributed by atoms with E-state index < -0.39 is 42.1 Å². The van der Waals surface area contributed by atoms with Gasteiger partial charge in [-0.2, -0.15) is 0 Å². The molecule has 186 valence electrons. The summed E-state index contributed by atoms with van der Waals surface area (Å²) in [6.07, 6.45) is 0.0153. The van der Waals surface area contributed by atoms with E-state index in [9.17, 15) is 19.5 Å². The summed E-state index contributed by atoms with van der Waals surface area (Å²) in [5.41, 5.74) is 11.6. The van der Waals surface area contributed by atoms with Crippen LogP contribution in [0, 0.1) is 17.8 Å². The van der Waals surface area contributed by atoms with Crippen molar-refractivity contribution in [2.45, 2.75) is 58.2 Å². The lowest BCUT2D eigenvalue weighted by Gasteiger charge is -2.36. The SMILES string of the molecule is CCC(CC)C(NC(C)=O)C1C(N)CC(C(=O)O)C1OC(=O)NCCOCCOCCN. The van der Waals surface area contributed by atoms with Gasteiger partial charge in [0.05, 0.1) is 32.3 Å². The molecule has 0 aromatic heterocycles. The fourth-order valence-corrected chi connectivity index (χ4v) is 4.32. The van der Waals surface area contributed by atoms with Gasteiger partial charge in [-0.3, -0.25) is 9.59 Å². The van der Waals surface area contributed by atoms with E-state index in [2.05, 4.69) is 10.6 Å². The number of carbonyl (C=O) groups excluding carboxylic acids is 2. The summed E-state index contributed by atoms with van der Waals surface area (Å²) in [4.78, 5) is 36.1. The van der Waals surface area contributed by atoms with Crippen molar-refractivity contribution in [1.82, 2.24) is 10.6 Å². The van der Waals surface area contributed by atoms with Gasteiger partial charge >= 0.3 is 12.1 Å². The smallest absolute Gasteiger partial charge is 0.407 e. The van der Waals surface area contributed by atoms with Gasteiger partial charge in [0.25, 0.3) is 0 Å². The normalized spacial score (nSPS) is 23.7. The molecule has 0 aromatic rings. The third kappa shape index (κ3) is 8.89. The van der Waals surface area contributed by atoms with Crippen molar-refractivity contribution in [2.24, 2.45) is 29.2 Å². The second kappa shape index (κ2) is 15.0. The molecule has 0 aliphatic heterocycles. The van der Waals surface area contributed by atoms with E-state index in [1.807, 2.05) is 13.8 Å². The molecule has 0 spiro atoms. The van der Waals surface area contributed by atoms with Crippen LogP contribution in [0.3, 0.4) is 0 Å². The molecule has 0 saturated heterocycles. The molecule has 0 bridgehead atoms. The quantitative estimate of drug-likeness (QED) is 0.212. The number of aliphatic carboxylic acids is 1. The zero-order valence-corrected chi connectivity index (χ0v) is 19.4. The molecular formula is C21H40N4O7. The fourth-order valence-electron chi connectivity index (χ4n) is 4.32. The molecule has 0 radical (unpaired) electrons. The number of carboxylic acid groups (broad SMARTS) is 1. The molecule has 1 aliphatic carbocycles. The number of amides is 2. The first kappa shape index (κ1) is 28.1. The van der Waals surface area contributed by atoms with E-state index in [-0.39, 0.29) is 31.4 Å². The summed E-state index contributed by atoms with van der Waals surface area (Å²) in [6, 6.07) is -0.917. The summed E-state index contributed by atoms with van der Waals surface area (Å²) in [7, 11) is 0. The minimum absolute atomic E-state index is 0.0755. The monoisotopic (exact) mass is 460 g/mol. The Morgan fingerprint density at radius 1 is 1.09 bits per heavy atom. The largest absolute Gasteiger partial charge is 0.481 e. The summed E-state index contributed by atoms with van der Waals surface area (Å²) in [5.74, 6) is -2.68. The van der Waals surface area contributed by atoms with Gasteiger partial charge in [0.2, 0.25) is 5.91 Å². The lowest BCUT2D eigenvalue weighted by Crippen LogP contribution is -2.53. The third-order valence-electron chi connectivity index (χ3n) is 5.85. The van der Waals surface area contributed by atoms with Crippen molar-refractivity contribution >= 4 is 18.0 Å². The maximum atomic E-state index is 12.4. The van der Waals surface area contributed by atoms with Crippen molar-refractivity contribution < 1.29 is 33.7 Å².